The van der Waals surface area contributed by atoms with Gasteiger partial charge in [0.1, 0.15) is 0 Å². The van der Waals surface area contributed by atoms with Crippen LogP contribution in [0, 0.1) is 5.92 Å². The molecule has 1 N–H and O–H groups in total. The fourth-order valence-electron chi connectivity index (χ4n) is 1.72. The van der Waals surface area contributed by atoms with E-state index in [-0.39, 0.29) is 5.97 Å². The van der Waals surface area contributed by atoms with Crippen LogP contribution >= 0.6 is 0 Å². The van der Waals surface area contributed by atoms with E-state index in [1.807, 2.05) is 0 Å². The van der Waals surface area contributed by atoms with E-state index >= 15 is 0 Å². The smallest absolute Gasteiger partial charge is 0.334 e. The van der Waals surface area contributed by atoms with Gasteiger partial charge in [-0.2, -0.15) is 0 Å². The van der Waals surface area contributed by atoms with Crippen LogP contribution in [0.1, 0.15) is 39.5 Å². The summed E-state index contributed by atoms with van der Waals surface area (Å²) in [6.45, 7) is 8.68. The van der Waals surface area contributed by atoms with E-state index in [1.165, 1.54) is 19.3 Å². The number of carbonyl (C=O) groups is 1. The average molecular weight is 225 g/mol. The average Bonchev–Trinajstić information content (AvgIpc) is 3.07. The molecule has 1 aliphatic rings. The van der Waals surface area contributed by atoms with Crippen LogP contribution in [0.15, 0.2) is 12.2 Å². The summed E-state index contributed by atoms with van der Waals surface area (Å²) < 4.78 is 4.88. The summed E-state index contributed by atoms with van der Waals surface area (Å²) in [5.41, 5.74) is 0.524. The lowest BCUT2D eigenvalue weighted by atomic mass is 10.1. The topological polar surface area (TPSA) is 38.3 Å². The van der Waals surface area contributed by atoms with Crippen molar-refractivity contribution in [3.63, 3.8) is 0 Å². The van der Waals surface area contributed by atoms with Crippen molar-refractivity contribution >= 4 is 5.97 Å². The van der Waals surface area contributed by atoms with Gasteiger partial charge in [0, 0.05) is 18.2 Å². The SMILES string of the molecule is C=C(CNC(CC)CC1CC1)C(=O)OCC. The molecule has 3 heteroatoms. The molecule has 16 heavy (non-hydrogen) atoms. The fraction of sp³-hybridized carbons (Fsp3) is 0.769. The molecule has 1 saturated carbocycles. The summed E-state index contributed by atoms with van der Waals surface area (Å²) in [5.74, 6) is 0.629. The molecule has 0 amide bonds. The van der Waals surface area contributed by atoms with Crippen LogP contribution in [0.2, 0.25) is 0 Å². The number of esters is 1. The minimum atomic E-state index is -0.281. The molecule has 92 valence electrons. The van der Waals surface area contributed by atoms with E-state index in [0.717, 1.165) is 12.3 Å². The van der Waals surface area contributed by atoms with Crippen molar-refractivity contribution in [3.8, 4) is 0 Å². The first kappa shape index (κ1) is 13.2. The third-order valence-electron chi connectivity index (χ3n) is 2.98. The van der Waals surface area contributed by atoms with Crippen molar-refractivity contribution < 1.29 is 9.53 Å². The maximum absolute atomic E-state index is 11.3. The largest absolute Gasteiger partial charge is 0.463 e. The van der Waals surface area contributed by atoms with E-state index in [2.05, 4.69) is 18.8 Å². The Bertz CT molecular complexity index is 246. The van der Waals surface area contributed by atoms with Gasteiger partial charge in [0.15, 0.2) is 0 Å². The number of ether oxygens (including phenoxy) is 1. The number of hydrogen-bond acceptors (Lipinski definition) is 3. The first-order valence-corrected chi connectivity index (χ1v) is 6.25. The van der Waals surface area contributed by atoms with Gasteiger partial charge in [-0.1, -0.05) is 26.3 Å². The molecule has 0 aromatic heterocycles. The standard InChI is InChI=1S/C13H23NO2/c1-4-12(8-11-6-7-11)14-9-10(3)13(15)16-5-2/h11-12,14H,3-9H2,1-2H3. The third-order valence-corrected chi connectivity index (χ3v) is 2.98. The highest BCUT2D eigenvalue weighted by atomic mass is 16.5. The van der Waals surface area contributed by atoms with Crippen molar-refractivity contribution in [1.29, 1.82) is 0 Å². The molecular weight excluding hydrogens is 202 g/mol. The summed E-state index contributed by atoms with van der Waals surface area (Å²) in [4.78, 5) is 11.3. The molecule has 1 fully saturated rings. The molecule has 0 spiro atoms. The van der Waals surface area contributed by atoms with E-state index in [1.54, 1.807) is 6.92 Å². The summed E-state index contributed by atoms with van der Waals surface area (Å²) in [5, 5.41) is 3.38. The second-order valence-corrected chi connectivity index (χ2v) is 4.49. The second-order valence-electron chi connectivity index (χ2n) is 4.49. The fourth-order valence-corrected chi connectivity index (χ4v) is 1.72. The Morgan fingerprint density at radius 1 is 1.50 bits per heavy atom. The zero-order valence-corrected chi connectivity index (χ0v) is 10.4. The molecule has 0 aliphatic heterocycles. The second kappa shape index (κ2) is 6.69. The van der Waals surface area contributed by atoms with E-state index in [9.17, 15) is 4.79 Å². The lowest BCUT2D eigenvalue weighted by molar-refractivity contribution is -0.138. The van der Waals surface area contributed by atoms with Gasteiger partial charge in [-0.3, -0.25) is 0 Å². The van der Waals surface area contributed by atoms with Gasteiger partial charge in [-0.25, -0.2) is 4.79 Å². The highest BCUT2D eigenvalue weighted by molar-refractivity contribution is 5.88. The van der Waals surface area contributed by atoms with Gasteiger partial charge < -0.3 is 10.1 Å². The molecule has 1 unspecified atom stereocenters. The normalized spacial score (nSPS) is 16.9. The maximum atomic E-state index is 11.3. The minimum Gasteiger partial charge on any atom is -0.463 e. The van der Waals surface area contributed by atoms with Gasteiger partial charge in [-0.05, 0) is 25.7 Å². The van der Waals surface area contributed by atoms with Crippen LogP contribution in [-0.4, -0.2) is 25.2 Å². The zero-order chi connectivity index (χ0) is 12.0. The van der Waals surface area contributed by atoms with Gasteiger partial charge in [0.25, 0.3) is 0 Å². The van der Waals surface area contributed by atoms with Crippen molar-refractivity contribution in [2.45, 2.75) is 45.6 Å². The van der Waals surface area contributed by atoms with Gasteiger partial charge >= 0.3 is 5.97 Å². The van der Waals surface area contributed by atoms with Crippen molar-refractivity contribution in [2.75, 3.05) is 13.2 Å². The lowest BCUT2D eigenvalue weighted by Gasteiger charge is -2.17. The molecule has 3 nitrogen and oxygen atoms in total. The van der Waals surface area contributed by atoms with E-state index in [0.29, 0.717) is 24.8 Å². The van der Waals surface area contributed by atoms with Crippen molar-refractivity contribution in [1.82, 2.24) is 5.32 Å². The van der Waals surface area contributed by atoms with Gasteiger partial charge in [0.2, 0.25) is 0 Å². The Kier molecular flexibility index (Phi) is 5.53. The molecule has 0 aromatic rings. The first-order chi connectivity index (χ1) is 7.67. The molecule has 0 bridgehead atoms. The molecular formula is C13H23NO2. The highest BCUT2D eigenvalue weighted by Gasteiger charge is 2.24. The molecule has 0 aromatic carbocycles. The number of rotatable bonds is 8. The molecule has 0 saturated heterocycles. The zero-order valence-electron chi connectivity index (χ0n) is 10.4. The summed E-state index contributed by atoms with van der Waals surface area (Å²) >= 11 is 0. The maximum Gasteiger partial charge on any atom is 0.334 e. The van der Waals surface area contributed by atoms with Crippen LogP contribution < -0.4 is 5.32 Å². The summed E-state index contributed by atoms with van der Waals surface area (Å²) in [6.07, 6.45) is 5.08. The van der Waals surface area contributed by atoms with Gasteiger partial charge in [-0.15, -0.1) is 0 Å². The Morgan fingerprint density at radius 3 is 2.69 bits per heavy atom. The van der Waals surface area contributed by atoms with Crippen LogP contribution in [0.5, 0.6) is 0 Å². The quantitative estimate of drug-likeness (QED) is 0.509. The molecule has 1 aliphatic carbocycles. The molecule has 1 rings (SSSR count). The van der Waals surface area contributed by atoms with Crippen LogP contribution in [-0.2, 0) is 9.53 Å². The first-order valence-electron chi connectivity index (χ1n) is 6.25. The summed E-state index contributed by atoms with van der Waals surface area (Å²) in [7, 11) is 0. The molecule has 0 heterocycles. The minimum absolute atomic E-state index is 0.281. The summed E-state index contributed by atoms with van der Waals surface area (Å²) in [6, 6.07) is 0.513. The highest BCUT2D eigenvalue weighted by Crippen LogP contribution is 2.33. The Morgan fingerprint density at radius 2 is 2.19 bits per heavy atom. The van der Waals surface area contributed by atoms with Crippen molar-refractivity contribution in [3.05, 3.63) is 12.2 Å². The van der Waals surface area contributed by atoms with E-state index in [4.69, 9.17) is 4.74 Å². The monoisotopic (exact) mass is 225 g/mol. The predicted octanol–water partition coefficient (Wildman–Crippen LogP) is 2.27. The van der Waals surface area contributed by atoms with E-state index < -0.39 is 0 Å². The van der Waals surface area contributed by atoms with Crippen LogP contribution in [0.3, 0.4) is 0 Å². The Hall–Kier alpha value is -0.830. The molecule has 1 atom stereocenters. The van der Waals surface area contributed by atoms with Gasteiger partial charge in [0.05, 0.1) is 6.61 Å². The Labute approximate surface area is 98.2 Å². The van der Waals surface area contributed by atoms with Crippen LogP contribution in [0.4, 0.5) is 0 Å². The number of carbonyl (C=O) groups excluding carboxylic acids is 1. The lowest BCUT2D eigenvalue weighted by Crippen LogP contribution is -2.32. The third kappa shape index (κ3) is 4.79. The predicted molar refractivity (Wildman–Crippen MR) is 65.2 cm³/mol. The number of hydrogen-bond donors (Lipinski definition) is 1. The molecule has 0 radical (unpaired) electrons. The number of nitrogens with one attached hydrogen (secondary N) is 1. The van der Waals surface area contributed by atoms with Crippen LogP contribution in [0.25, 0.3) is 0 Å². The van der Waals surface area contributed by atoms with Crippen molar-refractivity contribution in [2.24, 2.45) is 5.92 Å². The Balaban J connectivity index is 2.19.